The molecule has 2 aromatic heterocycles. The molecule has 0 saturated heterocycles. The first-order valence-corrected chi connectivity index (χ1v) is 13.1. The average molecular weight is 523 g/mol. The molecule has 192 valence electrons. The van der Waals surface area contributed by atoms with E-state index in [0.717, 1.165) is 28.1 Å². The smallest absolute Gasteiger partial charge is 0.146 e. The highest BCUT2D eigenvalue weighted by Gasteiger charge is 2.36. The summed E-state index contributed by atoms with van der Waals surface area (Å²) >= 11 is 0. The zero-order valence-corrected chi connectivity index (χ0v) is 22.5. The monoisotopic (exact) mass is 523 g/mol. The normalized spacial score (nSPS) is 12.3. The molecule has 6 heteroatoms. The Kier molecular flexibility index (Phi) is 6.18. The van der Waals surface area contributed by atoms with Crippen molar-refractivity contribution in [3.05, 3.63) is 114 Å². The minimum absolute atomic E-state index is 0.156. The molecule has 0 spiro atoms. The van der Waals surface area contributed by atoms with Crippen LogP contribution in [0, 0.1) is 17.0 Å². The van der Waals surface area contributed by atoms with Gasteiger partial charge in [0.25, 0.3) is 0 Å². The number of nitrogens with zero attached hydrogens (tertiary/aromatic N) is 1. The van der Waals surface area contributed by atoms with Crippen molar-refractivity contribution < 1.29 is 13.2 Å². The number of rotatable bonds is 4. The SMILES string of the molecule is [B]C([B])(c1cc(-c2cccc3c2oc2c(-c4ccc(-c5ccccc5)cc4)c(F)ccc23)ncc1F)C(C)(C)C. The van der Waals surface area contributed by atoms with Gasteiger partial charge in [-0.25, -0.2) is 8.78 Å². The Morgan fingerprint density at radius 1 is 0.675 bits per heavy atom. The molecular formula is C34H25B2F2NO. The van der Waals surface area contributed by atoms with Gasteiger partial charge in [0.2, 0.25) is 0 Å². The molecule has 4 aromatic carbocycles. The number of aromatic nitrogens is 1. The molecule has 0 aliphatic rings. The molecule has 6 rings (SSSR count). The van der Waals surface area contributed by atoms with Gasteiger partial charge in [-0.3, -0.25) is 4.98 Å². The highest BCUT2D eigenvalue weighted by atomic mass is 19.1. The van der Waals surface area contributed by atoms with Crippen LogP contribution in [0.3, 0.4) is 0 Å². The molecule has 40 heavy (non-hydrogen) atoms. The Hall–Kier alpha value is -4.18. The van der Waals surface area contributed by atoms with Crippen LogP contribution in [0.5, 0.6) is 0 Å². The summed E-state index contributed by atoms with van der Waals surface area (Å²) in [6.07, 6.45) is 1.13. The predicted molar refractivity (Wildman–Crippen MR) is 160 cm³/mol. The van der Waals surface area contributed by atoms with Crippen molar-refractivity contribution in [2.45, 2.75) is 26.0 Å². The maximum atomic E-state index is 15.4. The van der Waals surface area contributed by atoms with E-state index in [-0.39, 0.29) is 11.4 Å². The molecule has 6 aromatic rings. The molecule has 0 aliphatic carbocycles. The Labute approximate surface area is 234 Å². The first-order chi connectivity index (χ1) is 19.1. The Bertz CT molecular complexity index is 1870. The van der Waals surface area contributed by atoms with Crippen LogP contribution in [0.4, 0.5) is 8.78 Å². The van der Waals surface area contributed by atoms with Crippen molar-refractivity contribution in [1.29, 1.82) is 0 Å². The number of hydrogen-bond donors (Lipinski definition) is 0. The number of halogens is 2. The van der Waals surface area contributed by atoms with Gasteiger partial charge in [0.1, 0.15) is 22.8 Å². The molecule has 0 N–H and O–H groups in total. The van der Waals surface area contributed by atoms with Crippen LogP contribution in [0.2, 0.25) is 0 Å². The lowest BCUT2D eigenvalue weighted by Gasteiger charge is -2.41. The average Bonchev–Trinajstić information content (AvgIpc) is 3.32. The quantitative estimate of drug-likeness (QED) is 0.216. The maximum absolute atomic E-state index is 15.4. The summed E-state index contributed by atoms with van der Waals surface area (Å²) in [4.78, 5) is 4.34. The largest absolute Gasteiger partial charge is 0.455 e. The first kappa shape index (κ1) is 26.1. The minimum Gasteiger partial charge on any atom is -0.455 e. The van der Waals surface area contributed by atoms with Gasteiger partial charge < -0.3 is 4.42 Å². The number of fused-ring (bicyclic) bond motifs is 3. The summed E-state index contributed by atoms with van der Waals surface area (Å²) in [7, 11) is 12.9. The van der Waals surface area contributed by atoms with Crippen LogP contribution >= 0.6 is 0 Å². The van der Waals surface area contributed by atoms with Crippen LogP contribution < -0.4 is 0 Å². The highest BCUT2D eigenvalue weighted by molar-refractivity contribution is 6.40. The summed E-state index contributed by atoms with van der Waals surface area (Å²) in [5, 5.41) is 0.119. The Morgan fingerprint density at radius 2 is 1.32 bits per heavy atom. The van der Waals surface area contributed by atoms with Gasteiger partial charge in [0.05, 0.1) is 33.1 Å². The summed E-state index contributed by atoms with van der Waals surface area (Å²) in [6.45, 7) is 5.57. The van der Waals surface area contributed by atoms with Crippen LogP contribution in [0.25, 0.3) is 55.4 Å². The molecule has 0 fully saturated rings. The second kappa shape index (κ2) is 9.48. The Morgan fingerprint density at radius 3 is 2.02 bits per heavy atom. The van der Waals surface area contributed by atoms with Gasteiger partial charge in [-0.1, -0.05) is 92.7 Å². The van der Waals surface area contributed by atoms with Crippen LogP contribution in [0.15, 0.2) is 102 Å². The van der Waals surface area contributed by atoms with E-state index in [2.05, 4.69) is 4.98 Å². The zero-order valence-electron chi connectivity index (χ0n) is 22.5. The van der Waals surface area contributed by atoms with Crippen LogP contribution in [-0.4, -0.2) is 20.7 Å². The number of benzene rings is 4. The van der Waals surface area contributed by atoms with E-state index in [1.54, 1.807) is 12.1 Å². The van der Waals surface area contributed by atoms with Crippen LogP contribution in [0.1, 0.15) is 26.3 Å². The van der Waals surface area contributed by atoms with Crippen molar-refractivity contribution in [3.63, 3.8) is 0 Å². The van der Waals surface area contributed by atoms with E-state index in [1.165, 1.54) is 6.07 Å². The van der Waals surface area contributed by atoms with Crippen molar-refractivity contribution in [3.8, 4) is 33.5 Å². The fourth-order valence-electron chi connectivity index (χ4n) is 5.08. The van der Waals surface area contributed by atoms with Gasteiger partial charge in [-0.2, -0.15) is 0 Å². The van der Waals surface area contributed by atoms with Gasteiger partial charge >= 0.3 is 0 Å². The lowest BCUT2D eigenvalue weighted by atomic mass is 9.41. The third kappa shape index (κ3) is 4.23. The third-order valence-electron chi connectivity index (χ3n) is 7.71. The molecule has 4 radical (unpaired) electrons. The summed E-state index contributed by atoms with van der Waals surface area (Å²) in [6, 6.07) is 28.1. The molecule has 2 nitrogen and oxygen atoms in total. The zero-order chi connectivity index (χ0) is 28.2. The molecule has 0 saturated carbocycles. The van der Waals surface area contributed by atoms with Crippen molar-refractivity contribution in [1.82, 2.24) is 4.98 Å². The van der Waals surface area contributed by atoms with Crippen molar-refractivity contribution in [2.75, 3.05) is 0 Å². The minimum atomic E-state index is -1.45. The number of furan rings is 1. The molecule has 0 bridgehead atoms. The third-order valence-corrected chi connectivity index (χ3v) is 7.71. The second-order valence-electron chi connectivity index (χ2n) is 11.2. The molecule has 0 aliphatic heterocycles. The van der Waals surface area contributed by atoms with Gasteiger partial charge in [-0.05, 0) is 51.9 Å². The molecule has 0 amide bonds. The van der Waals surface area contributed by atoms with Gasteiger partial charge in [-0.15, -0.1) is 0 Å². The van der Waals surface area contributed by atoms with E-state index in [0.29, 0.717) is 33.6 Å². The molecule has 0 unspecified atom stereocenters. The van der Waals surface area contributed by atoms with Crippen molar-refractivity contribution >= 4 is 37.6 Å². The fourth-order valence-corrected chi connectivity index (χ4v) is 5.08. The molecule has 0 atom stereocenters. The van der Waals surface area contributed by atoms with E-state index in [9.17, 15) is 4.39 Å². The van der Waals surface area contributed by atoms with Gasteiger partial charge in [0.15, 0.2) is 0 Å². The van der Waals surface area contributed by atoms with Gasteiger partial charge in [0, 0.05) is 16.3 Å². The summed E-state index contributed by atoms with van der Waals surface area (Å²) in [5.41, 5.74) is 4.76. The number of para-hydroxylation sites is 1. The lowest BCUT2D eigenvalue weighted by Crippen LogP contribution is -2.42. The van der Waals surface area contributed by atoms with E-state index >= 15 is 4.39 Å². The first-order valence-electron chi connectivity index (χ1n) is 13.1. The standard InChI is InChI=1S/C34H25B2F2NO/c1-33(2,3)34(35,36)26-18-29(39-19-28(26)38)25-11-7-10-23-24-16-17-27(37)30(32(24)40-31(23)25)22-14-12-21(13-15-22)20-8-5-4-6-9-20/h4-19H,1-3H3. The second-order valence-corrected chi connectivity index (χ2v) is 11.2. The van der Waals surface area contributed by atoms with E-state index in [4.69, 9.17) is 20.1 Å². The number of hydrogen-bond acceptors (Lipinski definition) is 2. The van der Waals surface area contributed by atoms with E-state index < -0.39 is 16.4 Å². The molecule has 2 heterocycles. The van der Waals surface area contributed by atoms with E-state index in [1.807, 2.05) is 93.6 Å². The summed E-state index contributed by atoms with van der Waals surface area (Å²) < 4.78 is 36.7. The lowest BCUT2D eigenvalue weighted by molar-refractivity contribution is 0.349. The Balaban J connectivity index is 1.52. The topological polar surface area (TPSA) is 26.0 Å². The fraction of sp³-hybridized carbons (Fsp3) is 0.147. The number of pyridine rings is 1. The van der Waals surface area contributed by atoms with Crippen molar-refractivity contribution in [2.24, 2.45) is 5.41 Å². The predicted octanol–water partition coefficient (Wildman–Crippen LogP) is 8.80. The maximum Gasteiger partial charge on any atom is 0.146 e. The summed E-state index contributed by atoms with van der Waals surface area (Å²) in [5.74, 6) is -0.965. The highest BCUT2D eigenvalue weighted by Crippen LogP contribution is 2.42. The van der Waals surface area contributed by atoms with Crippen LogP contribution in [-0.2, 0) is 5.21 Å². The molecular weight excluding hydrogens is 498 g/mol.